The first kappa shape index (κ1) is 28.4. The monoisotopic (exact) mass is 572 g/mol. The van der Waals surface area contributed by atoms with Gasteiger partial charge in [0.15, 0.2) is 5.78 Å². The standard InChI is InChI=1S/C35H28N2O4S/c1-41-29-17-8-15-27(20-29)33(38)23-42-30-18-9-16-28(22-30)36-35(40)32(37-34(39)25-11-3-2-4-12-25)21-26-14-7-13-24-10-5-6-19-31(24)26/h2-22H,23H2,1H3,(H,36,40)(H,37,39)/b32-21-. The molecule has 0 bridgehead atoms. The van der Waals surface area contributed by atoms with Crippen molar-refractivity contribution in [3.8, 4) is 5.75 Å². The number of carbonyl (C=O) groups is 3. The summed E-state index contributed by atoms with van der Waals surface area (Å²) in [6, 6.07) is 36.7. The predicted molar refractivity (Wildman–Crippen MR) is 169 cm³/mol. The van der Waals surface area contributed by atoms with Gasteiger partial charge in [-0.3, -0.25) is 14.4 Å². The Kier molecular flexibility index (Phi) is 9.11. The first-order chi connectivity index (χ1) is 20.5. The van der Waals surface area contributed by atoms with Crippen molar-refractivity contribution in [2.75, 3.05) is 18.2 Å². The fourth-order valence-electron chi connectivity index (χ4n) is 4.37. The molecule has 0 saturated carbocycles. The number of ketones is 1. The van der Waals surface area contributed by atoms with E-state index in [9.17, 15) is 14.4 Å². The van der Waals surface area contributed by atoms with Crippen LogP contribution in [0.5, 0.6) is 5.75 Å². The number of ether oxygens (including phenoxy) is 1. The summed E-state index contributed by atoms with van der Waals surface area (Å²) in [6.45, 7) is 0. The molecule has 2 N–H and O–H groups in total. The van der Waals surface area contributed by atoms with Gasteiger partial charge in [0.05, 0.1) is 12.9 Å². The van der Waals surface area contributed by atoms with Crippen LogP contribution < -0.4 is 15.4 Å². The third-order valence-corrected chi connectivity index (χ3v) is 7.50. The summed E-state index contributed by atoms with van der Waals surface area (Å²) in [5.74, 6) is -0.0387. The van der Waals surface area contributed by atoms with Crippen LogP contribution in [0.25, 0.3) is 16.8 Å². The number of fused-ring (bicyclic) bond motifs is 1. The number of Topliss-reactive ketones (excluding diaryl/α,β-unsaturated/α-hetero) is 1. The third-order valence-electron chi connectivity index (χ3n) is 6.51. The van der Waals surface area contributed by atoms with E-state index in [4.69, 9.17) is 4.74 Å². The fourth-order valence-corrected chi connectivity index (χ4v) is 5.21. The Hall–Kier alpha value is -5.14. The first-order valence-corrected chi connectivity index (χ1v) is 14.3. The van der Waals surface area contributed by atoms with Crippen LogP contribution in [0.2, 0.25) is 0 Å². The van der Waals surface area contributed by atoms with E-state index >= 15 is 0 Å². The summed E-state index contributed by atoms with van der Waals surface area (Å²) in [6.07, 6.45) is 1.68. The van der Waals surface area contributed by atoms with Crippen molar-refractivity contribution >= 4 is 51.9 Å². The second kappa shape index (κ2) is 13.5. The van der Waals surface area contributed by atoms with Crippen LogP contribution in [0.15, 0.2) is 132 Å². The highest BCUT2D eigenvalue weighted by Crippen LogP contribution is 2.25. The number of amides is 2. The fraction of sp³-hybridized carbons (Fsp3) is 0.0571. The molecule has 0 heterocycles. The molecule has 0 aliphatic carbocycles. The van der Waals surface area contributed by atoms with Crippen LogP contribution in [0.3, 0.4) is 0 Å². The number of rotatable bonds is 10. The Labute approximate surface area is 248 Å². The Bertz CT molecular complexity index is 1780. The molecule has 5 rings (SSSR count). The van der Waals surface area contributed by atoms with E-state index in [1.54, 1.807) is 73.8 Å². The maximum absolute atomic E-state index is 13.6. The summed E-state index contributed by atoms with van der Waals surface area (Å²) in [4.78, 5) is 40.2. The van der Waals surface area contributed by atoms with Crippen LogP contribution in [-0.2, 0) is 4.79 Å². The summed E-state index contributed by atoms with van der Waals surface area (Å²) in [5, 5.41) is 7.68. The average molecular weight is 573 g/mol. The highest BCUT2D eigenvalue weighted by molar-refractivity contribution is 8.00. The van der Waals surface area contributed by atoms with Crippen LogP contribution in [0.1, 0.15) is 26.3 Å². The van der Waals surface area contributed by atoms with Gasteiger partial charge in [-0.15, -0.1) is 11.8 Å². The Balaban J connectivity index is 1.36. The van der Waals surface area contributed by atoms with E-state index < -0.39 is 11.8 Å². The van der Waals surface area contributed by atoms with Crippen molar-refractivity contribution in [2.24, 2.45) is 0 Å². The predicted octanol–water partition coefficient (Wildman–Crippen LogP) is 7.23. The molecule has 0 aliphatic rings. The minimum absolute atomic E-state index is 0.0303. The molecule has 0 aliphatic heterocycles. The Morgan fingerprint density at radius 3 is 2.31 bits per heavy atom. The molecular formula is C35H28N2O4S. The molecule has 208 valence electrons. The van der Waals surface area contributed by atoms with Crippen molar-refractivity contribution in [3.05, 3.63) is 144 Å². The number of hydrogen-bond acceptors (Lipinski definition) is 5. The number of anilines is 1. The van der Waals surface area contributed by atoms with Gasteiger partial charge < -0.3 is 15.4 Å². The number of hydrogen-bond donors (Lipinski definition) is 2. The molecule has 0 radical (unpaired) electrons. The molecule has 7 heteroatoms. The summed E-state index contributed by atoms with van der Waals surface area (Å²) < 4.78 is 5.22. The zero-order valence-corrected chi connectivity index (χ0v) is 23.7. The lowest BCUT2D eigenvalue weighted by molar-refractivity contribution is -0.113. The van der Waals surface area contributed by atoms with Crippen LogP contribution in [0.4, 0.5) is 5.69 Å². The van der Waals surface area contributed by atoms with Crippen LogP contribution >= 0.6 is 11.8 Å². The van der Waals surface area contributed by atoms with Gasteiger partial charge in [0, 0.05) is 21.7 Å². The van der Waals surface area contributed by atoms with Crippen molar-refractivity contribution < 1.29 is 19.1 Å². The molecule has 6 nitrogen and oxygen atoms in total. The zero-order valence-electron chi connectivity index (χ0n) is 22.9. The van der Waals surface area contributed by atoms with E-state index in [-0.39, 0.29) is 17.2 Å². The van der Waals surface area contributed by atoms with E-state index in [1.807, 2.05) is 60.7 Å². The first-order valence-electron chi connectivity index (χ1n) is 13.3. The molecule has 42 heavy (non-hydrogen) atoms. The van der Waals surface area contributed by atoms with E-state index in [2.05, 4.69) is 10.6 Å². The normalized spacial score (nSPS) is 11.1. The summed E-state index contributed by atoms with van der Waals surface area (Å²) in [5.41, 5.74) is 2.45. The maximum atomic E-state index is 13.6. The second-order valence-corrected chi connectivity index (χ2v) is 10.4. The topological polar surface area (TPSA) is 84.5 Å². The molecule has 0 saturated heterocycles. The zero-order chi connectivity index (χ0) is 29.3. The summed E-state index contributed by atoms with van der Waals surface area (Å²) in [7, 11) is 1.56. The molecule has 5 aromatic carbocycles. The molecule has 2 amide bonds. The highest BCUT2D eigenvalue weighted by atomic mass is 32.2. The smallest absolute Gasteiger partial charge is 0.272 e. The van der Waals surface area contributed by atoms with Gasteiger partial charge in [-0.05, 0) is 64.9 Å². The van der Waals surface area contributed by atoms with E-state index in [0.29, 0.717) is 22.6 Å². The minimum Gasteiger partial charge on any atom is -0.497 e. The molecule has 0 spiro atoms. The lowest BCUT2D eigenvalue weighted by Gasteiger charge is -2.13. The molecule has 0 unspecified atom stereocenters. The van der Waals surface area contributed by atoms with Gasteiger partial charge in [0.1, 0.15) is 11.4 Å². The van der Waals surface area contributed by atoms with Crippen LogP contribution in [0, 0.1) is 0 Å². The number of thioether (sulfide) groups is 1. The van der Waals surface area contributed by atoms with Crippen molar-refractivity contribution in [3.63, 3.8) is 0 Å². The Morgan fingerprint density at radius 2 is 1.48 bits per heavy atom. The molecular weight excluding hydrogens is 544 g/mol. The van der Waals surface area contributed by atoms with Crippen molar-refractivity contribution in [1.82, 2.24) is 5.32 Å². The number of methoxy groups -OCH3 is 1. The van der Waals surface area contributed by atoms with Gasteiger partial charge in [-0.2, -0.15) is 0 Å². The van der Waals surface area contributed by atoms with Crippen LogP contribution in [-0.4, -0.2) is 30.5 Å². The number of benzene rings is 5. The van der Waals surface area contributed by atoms with Gasteiger partial charge in [0.2, 0.25) is 0 Å². The largest absolute Gasteiger partial charge is 0.497 e. The lowest BCUT2D eigenvalue weighted by Crippen LogP contribution is -2.30. The van der Waals surface area contributed by atoms with Gasteiger partial charge in [-0.1, -0.05) is 78.9 Å². The Morgan fingerprint density at radius 1 is 0.762 bits per heavy atom. The second-order valence-electron chi connectivity index (χ2n) is 9.37. The highest BCUT2D eigenvalue weighted by Gasteiger charge is 2.16. The van der Waals surface area contributed by atoms with Crippen molar-refractivity contribution in [1.29, 1.82) is 0 Å². The number of carbonyl (C=O) groups excluding carboxylic acids is 3. The van der Waals surface area contributed by atoms with Gasteiger partial charge in [0.25, 0.3) is 11.8 Å². The van der Waals surface area contributed by atoms with Gasteiger partial charge >= 0.3 is 0 Å². The molecule has 5 aromatic rings. The summed E-state index contributed by atoms with van der Waals surface area (Å²) >= 11 is 1.37. The van der Waals surface area contributed by atoms with Crippen molar-refractivity contribution in [2.45, 2.75) is 4.90 Å². The average Bonchev–Trinajstić information content (AvgIpc) is 3.04. The van der Waals surface area contributed by atoms with Gasteiger partial charge in [-0.25, -0.2) is 0 Å². The van der Waals surface area contributed by atoms with E-state index in [0.717, 1.165) is 21.2 Å². The quantitative estimate of drug-likeness (QED) is 0.105. The number of nitrogens with one attached hydrogen (secondary N) is 2. The van der Waals surface area contributed by atoms with E-state index in [1.165, 1.54) is 11.8 Å². The SMILES string of the molecule is COc1cccc(C(=O)CSc2cccc(NC(=O)/C(=C/c3cccc4ccccc34)NC(=O)c3ccccc3)c2)c1. The molecule has 0 aromatic heterocycles. The molecule has 0 atom stereocenters. The lowest BCUT2D eigenvalue weighted by atomic mass is 10.0. The minimum atomic E-state index is -0.471. The molecule has 0 fully saturated rings. The third kappa shape index (κ3) is 7.13. The maximum Gasteiger partial charge on any atom is 0.272 e.